The molecule has 2 rings (SSSR count). The molecular formula is C14H14ClF3N2O2. The van der Waals surface area contributed by atoms with Crippen molar-refractivity contribution in [3.8, 4) is 0 Å². The third kappa shape index (κ3) is 3.91. The average molecular weight is 335 g/mol. The van der Waals surface area contributed by atoms with Gasteiger partial charge in [0.25, 0.3) is 5.91 Å². The van der Waals surface area contributed by atoms with Gasteiger partial charge in [-0.2, -0.15) is 13.2 Å². The third-order valence-electron chi connectivity index (χ3n) is 3.38. The van der Waals surface area contributed by atoms with Gasteiger partial charge in [0, 0.05) is 36.8 Å². The van der Waals surface area contributed by atoms with Gasteiger partial charge in [-0.15, -0.1) is 0 Å². The van der Waals surface area contributed by atoms with Crippen LogP contribution in [-0.4, -0.2) is 54.0 Å². The molecule has 0 N–H and O–H groups in total. The van der Waals surface area contributed by atoms with Crippen LogP contribution >= 0.6 is 11.6 Å². The first-order valence-corrected chi connectivity index (χ1v) is 7.08. The SMILES string of the molecule is O=C(c1cccc(Cl)c1)N1CCCN(C(=O)C(F)(F)F)CC1. The Morgan fingerprint density at radius 2 is 1.68 bits per heavy atom. The van der Waals surface area contributed by atoms with Gasteiger partial charge in [0.15, 0.2) is 0 Å². The minimum absolute atomic E-state index is 0.0162. The molecule has 0 atom stereocenters. The van der Waals surface area contributed by atoms with Crippen LogP contribution in [0.2, 0.25) is 5.02 Å². The maximum absolute atomic E-state index is 12.4. The Hall–Kier alpha value is -1.76. The highest BCUT2D eigenvalue weighted by Crippen LogP contribution is 2.20. The monoisotopic (exact) mass is 334 g/mol. The van der Waals surface area contributed by atoms with E-state index in [0.29, 0.717) is 23.6 Å². The zero-order valence-electron chi connectivity index (χ0n) is 11.6. The summed E-state index contributed by atoms with van der Waals surface area (Å²) in [7, 11) is 0. The highest BCUT2D eigenvalue weighted by atomic mass is 35.5. The van der Waals surface area contributed by atoms with Crippen LogP contribution in [0.4, 0.5) is 13.2 Å². The molecule has 2 amide bonds. The van der Waals surface area contributed by atoms with Crippen molar-refractivity contribution in [2.45, 2.75) is 12.6 Å². The number of halogens is 4. The van der Waals surface area contributed by atoms with Gasteiger partial charge >= 0.3 is 12.1 Å². The molecule has 8 heteroatoms. The summed E-state index contributed by atoms with van der Waals surface area (Å²) in [6, 6.07) is 6.36. The minimum atomic E-state index is -4.88. The van der Waals surface area contributed by atoms with Gasteiger partial charge in [-0.25, -0.2) is 0 Å². The first kappa shape index (κ1) is 16.6. The van der Waals surface area contributed by atoms with Gasteiger partial charge in [-0.05, 0) is 24.6 Å². The van der Waals surface area contributed by atoms with E-state index in [9.17, 15) is 22.8 Å². The van der Waals surface area contributed by atoms with E-state index in [2.05, 4.69) is 0 Å². The van der Waals surface area contributed by atoms with Crippen LogP contribution in [0.3, 0.4) is 0 Å². The van der Waals surface area contributed by atoms with Crippen molar-refractivity contribution in [3.63, 3.8) is 0 Å². The Kier molecular flexibility index (Phi) is 4.95. The van der Waals surface area contributed by atoms with Crippen LogP contribution in [0.25, 0.3) is 0 Å². The van der Waals surface area contributed by atoms with E-state index in [-0.39, 0.29) is 25.5 Å². The summed E-state index contributed by atoms with van der Waals surface area (Å²) in [4.78, 5) is 25.7. The summed E-state index contributed by atoms with van der Waals surface area (Å²) in [6.07, 6.45) is -4.58. The maximum atomic E-state index is 12.4. The lowest BCUT2D eigenvalue weighted by Crippen LogP contribution is -2.43. The second-order valence-corrected chi connectivity index (χ2v) is 5.38. The van der Waals surface area contributed by atoms with E-state index >= 15 is 0 Å². The van der Waals surface area contributed by atoms with E-state index in [1.165, 1.54) is 11.0 Å². The van der Waals surface area contributed by atoms with Crippen molar-refractivity contribution in [1.29, 1.82) is 0 Å². The fourth-order valence-corrected chi connectivity index (χ4v) is 2.50. The molecule has 1 fully saturated rings. The average Bonchev–Trinajstić information content (AvgIpc) is 2.70. The Bertz CT molecular complexity index is 577. The van der Waals surface area contributed by atoms with Crippen LogP contribution in [-0.2, 0) is 4.79 Å². The zero-order chi connectivity index (χ0) is 16.3. The van der Waals surface area contributed by atoms with Crippen molar-refractivity contribution >= 4 is 23.4 Å². The Morgan fingerprint density at radius 3 is 2.32 bits per heavy atom. The Balaban J connectivity index is 2.04. The molecule has 0 spiro atoms. The molecule has 22 heavy (non-hydrogen) atoms. The molecule has 1 heterocycles. The van der Waals surface area contributed by atoms with E-state index in [4.69, 9.17) is 11.6 Å². The van der Waals surface area contributed by atoms with Gasteiger partial charge < -0.3 is 9.80 Å². The summed E-state index contributed by atoms with van der Waals surface area (Å²) in [5.74, 6) is -2.16. The number of alkyl halides is 3. The fraction of sp³-hybridized carbons (Fsp3) is 0.429. The van der Waals surface area contributed by atoms with Crippen molar-refractivity contribution in [1.82, 2.24) is 9.80 Å². The van der Waals surface area contributed by atoms with Crippen molar-refractivity contribution in [2.75, 3.05) is 26.2 Å². The van der Waals surface area contributed by atoms with Crippen LogP contribution in [0, 0.1) is 0 Å². The van der Waals surface area contributed by atoms with Crippen molar-refractivity contribution < 1.29 is 22.8 Å². The van der Waals surface area contributed by atoms with Gasteiger partial charge in [0.2, 0.25) is 0 Å². The molecule has 1 aliphatic heterocycles. The lowest BCUT2D eigenvalue weighted by atomic mass is 10.2. The molecular weight excluding hydrogens is 321 g/mol. The fourth-order valence-electron chi connectivity index (χ4n) is 2.31. The van der Waals surface area contributed by atoms with Crippen molar-refractivity contribution in [2.24, 2.45) is 0 Å². The third-order valence-corrected chi connectivity index (χ3v) is 3.62. The summed E-state index contributed by atoms with van der Waals surface area (Å²) in [5.41, 5.74) is 0.378. The number of carbonyl (C=O) groups is 2. The number of rotatable bonds is 1. The van der Waals surface area contributed by atoms with Crippen LogP contribution < -0.4 is 0 Å². The number of carbonyl (C=O) groups excluding carboxylic acids is 2. The van der Waals surface area contributed by atoms with Crippen LogP contribution in [0.5, 0.6) is 0 Å². The number of hydrogen-bond acceptors (Lipinski definition) is 2. The van der Waals surface area contributed by atoms with Crippen LogP contribution in [0.15, 0.2) is 24.3 Å². The molecule has 1 aromatic rings. The van der Waals surface area contributed by atoms with E-state index < -0.39 is 12.1 Å². The lowest BCUT2D eigenvalue weighted by molar-refractivity contribution is -0.185. The molecule has 4 nitrogen and oxygen atoms in total. The number of hydrogen-bond donors (Lipinski definition) is 0. The van der Waals surface area contributed by atoms with Crippen LogP contribution in [0.1, 0.15) is 16.8 Å². The predicted molar refractivity (Wildman–Crippen MR) is 74.6 cm³/mol. The topological polar surface area (TPSA) is 40.6 Å². The normalized spacial score (nSPS) is 16.4. The molecule has 0 unspecified atom stereocenters. The molecule has 0 aliphatic carbocycles. The molecule has 1 aliphatic rings. The second kappa shape index (κ2) is 6.56. The quantitative estimate of drug-likeness (QED) is 0.792. The summed E-state index contributed by atoms with van der Waals surface area (Å²) >= 11 is 5.83. The van der Waals surface area contributed by atoms with E-state index in [1.54, 1.807) is 18.2 Å². The first-order valence-electron chi connectivity index (χ1n) is 6.70. The molecule has 0 aromatic heterocycles. The molecule has 1 saturated heterocycles. The minimum Gasteiger partial charge on any atom is -0.337 e. The highest BCUT2D eigenvalue weighted by Gasteiger charge is 2.42. The van der Waals surface area contributed by atoms with E-state index in [1.807, 2.05) is 0 Å². The largest absolute Gasteiger partial charge is 0.471 e. The lowest BCUT2D eigenvalue weighted by Gasteiger charge is -2.23. The maximum Gasteiger partial charge on any atom is 0.471 e. The molecule has 0 saturated carbocycles. The number of amides is 2. The number of nitrogens with zero attached hydrogens (tertiary/aromatic N) is 2. The van der Waals surface area contributed by atoms with Gasteiger partial charge in [0.05, 0.1) is 0 Å². The standard InChI is InChI=1S/C14H14ClF3N2O2/c15-11-4-1-3-10(9-11)12(21)19-5-2-6-20(8-7-19)13(22)14(16,17)18/h1,3-4,9H,2,5-8H2. The molecule has 0 bridgehead atoms. The zero-order valence-corrected chi connectivity index (χ0v) is 12.3. The predicted octanol–water partition coefficient (Wildman–Crippen LogP) is 2.58. The van der Waals surface area contributed by atoms with Gasteiger partial charge in [-0.1, -0.05) is 17.7 Å². The summed E-state index contributed by atoms with van der Waals surface area (Å²) in [5, 5.41) is 0.412. The Labute approximate surface area is 130 Å². The summed E-state index contributed by atoms with van der Waals surface area (Å²) in [6.45, 7) is 0.211. The second-order valence-electron chi connectivity index (χ2n) is 4.95. The molecule has 120 valence electrons. The number of benzene rings is 1. The Morgan fingerprint density at radius 1 is 1.05 bits per heavy atom. The molecule has 0 radical (unpaired) electrons. The van der Waals surface area contributed by atoms with Gasteiger partial charge in [0.1, 0.15) is 0 Å². The molecule has 1 aromatic carbocycles. The van der Waals surface area contributed by atoms with Gasteiger partial charge in [-0.3, -0.25) is 9.59 Å². The van der Waals surface area contributed by atoms with E-state index in [0.717, 1.165) is 4.90 Å². The van der Waals surface area contributed by atoms with Crippen molar-refractivity contribution in [3.05, 3.63) is 34.9 Å². The smallest absolute Gasteiger partial charge is 0.337 e. The summed E-state index contributed by atoms with van der Waals surface area (Å²) < 4.78 is 37.3. The first-order chi connectivity index (χ1) is 10.3. The highest BCUT2D eigenvalue weighted by molar-refractivity contribution is 6.30.